The van der Waals surface area contributed by atoms with Crippen molar-refractivity contribution in [2.75, 3.05) is 0 Å². The SMILES string of the molecule is Cc1cc(C)c(C(N)=O)c(C)c1.Cc1cc(C)c(C(N)=O)c(C)c1.Pc1ccccc1. The summed E-state index contributed by atoms with van der Waals surface area (Å²) in [5, 5.41) is 1.24. The van der Waals surface area contributed by atoms with Crippen LogP contribution in [0.2, 0.25) is 0 Å². The van der Waals surface area contributed by atoms with E-state index in [0.29, 0.717) is 11.1 Å². The lowest BCUT2D eigenvalue weighted by Gasteiger charge is -2.06. The minimum absolute atomic E-state index is 0.343. The maximum atomic E-state index is 11.0. The Labute approximate surface area is 188 Å². The Hall–Kier alpha value is -2.97. The van der Waals surface area contributed by atoms with Crippen LogP contribution in [-0.2, 0) is 0 Å². The number of benzene rings is 3. The van der Waals surface area contributed by atoms with Gasteiger partial charge in [-0.1, -0.05) is 65.7 Å². The largest absolute Gasteiger partial charge is 0.366 e. The van der Waals surface area contributed by atoms with Crippen LogP contribution in [0.3, 0.4) is 0 Å². The van der Waals surface area contributed by atoms with E-state index < -0.39 is 0 Å². The number of carbonyl (C=O) groups is 2. The first-order valence-electron chi connectivity index (χ1n) is 9.99. The highest BCUT2D eigenvalue weighted by Crippen LogP contribution is 2.16. The third-order valence-corrected chi connectivity index (χ3v) is 5.03. The van der Waals surface area contributed by atoms with Crippen molar-refractivity contribution in [3.8, 4) is 0 Å². The Morgan fingerprint density at radius 2 is 0.903 bits per heavy atom. The fourth-order valence-corrected chi connectivity index (χ4v) is 3.81. The highest BCUT2D eigenvalue weighted by atomic mass is 31.0. The molecule has 4 N–H and O–H groups in total. The molecular formula is C26H33N2O2P. The molecule has 0 radical (unpaired) electrons. The van der Waals surface area contributed by atoms with Gasteiger partial charge in [-0.25, -0.2) is 0 Å². The molecule has 0 spiro atoms. The van der Waals surface area contributed by atoms with E-state index in [0.717, 1.165) is 33.4 Å². The van der Waals surface area contributed by atoms with E-state index in [1.54, 1.807) is 0 Å². The second kappa shape index (κ2) is 12.0. The molecule has 0 bridgehead atoms. The molecule has 0 saturated carbocycles. The highest BCUT2D eigenvalue weighted by Gasteiger charge is 2.09. The molecule has 5 heteroatoms. The van der Waals surface area contributed by atoms with Crippen LogP contribution < -0.4 is 16.8 Å². The molecule has 0 aromatic heterocycles. The van der Waals surface area contributed by atoms with Crippen molar-refractivity contribution >= 4 is 26.4 Å². The Morgan fingerprint density at radius 1 is 0.613 bits per heavy atom. The van der Waals surface area contributed by atoms with Crippen molar-refractivity contribution in [3.05, 3.63) is 99.1 Å². The average Bonchev–Trinajstić information content (AvgIpc) is 2.61. The summed E-state index contributed by atoms with van der Waals surface area (Å²) >= 11 is 0. The van der Waals surface area contributed by atoms with Crippen molar-refractivity contribution in [3.63, 3.8) is 0 Å². The molecule has 31 heavy (non-hydrogen) atoms. The normalized spacial score (nSPS) is 9.65. The topological polar surface area (TPSA) is 86.2 Å². The van der Waals surface area contributed by atoms with Crippen molar-refractivity contribution in [1.29, 1.82) is 0 Å². The van der Waals surface area contributed by atoms with Gasteiger partial charge in [0.2, 0.25) is 11.8 Å². The second-order valence-electron chi connectivity index (χ2n) is 7.69. The van der Waals surface area contributed by atoms with E-state index in [1.807, 2.05) is 96.1 Å². The molecule has 0 heterocycles. The fourth-order valence-electron chi connectivity index (χ4n) is 3.59. The monoisotopic (exact) mass is 436 g/mol. The molecule has 164 valence electrons. The Kier molecular flexibility index (Phi) is 10.1. The number of hydrogen-bond acceptors (Lipinski definition) is 2. The number of amides is 2. The quantitative estimate of drug-likeness (QED) is 0.575. The first-order chi connectivity index (χ1) is 14.4. The van der Waals surface area contributed by atoms with Crippen LogP contribution in [0.1, 0.15) is 54.1 Å². The van der Waals surface area contributed by atoms with Crippen LogP contribution in [0.5, 0.6) is 0 Å². The summed E-state index contributed by atoms with van der Waals surface area (Å²) < 4.78 is 0. The summed E-state index contributed by atoms with van der Waals surface area (Å²) in [6.07, 6.45) is 0. The Bertz CT molecular complexity index is 947. The van der Waals surface area contributed by atoms with Gasteiger partial charge < -0.3 is 11.5 Å². The summed E-state index contributed by atoms with van der Waals surface area (Å²) in [4.78, 5) is 22.0. The molecule has 0 aliphatic carbocycles. The Morgan fingerprint density at radius 3 is 1.10 bits per heavy atom. The first-order valence-corrected chi connectivity index (χ1v) is 10.6. The van der Waals surface area contributed by atoms with Crippen LogP contribution in [0.25, 0.3) is 0 Å². The van der Waals surface area contributed by atoms with Gasteiger partial charge in [0.15, 0.2) is 0 Å². The number of aryl methyl sites for hydroxylation is 6. The molecule has 1 unspecified atom stereocenters. The van der Waals surface area contributed by atoms with E-state index >= 15 is 0 Å². The van der Waals surface area contributed by atoms with E-state index in [-0.39, 0.29) is 11.8 Å². The molecule has 3 aromatic rings. The molecule has 3 rings (SSSR count). The lowest BCUT2D eigenvalue weighted by atomic mass is 10.00. The number of carbonyl (C=O) groups excluding carboxylic acids is 2. The van der Waals surface area contributed by atoms with Crippen LogP contribution >= 0.6 is 9.24 Å². The number of hydrogen-bond donors (Lipinski definition) is 2. The molecule has 2 amide bonds. The molecule has 1 atom stereocenters. The number of primary amides is 2. The number of rotatable bonds is 2. The lowest BCUT2D eigenvalue weighted by Crippen LogP contribution is -2.14. The molecule has 0 saturated heterocycles. The third kappa shape index (κ3) is 8.35. The van der Waals surface area contributed by atoms with Gasteiger partial charge in [0.05, 0.1) is 0 Å². The van der Waals surface area contributed by atoms with Gasteiger partial charge in [0.25, 0.3) is 0 Å². The molecular weight excluding hydrogens is 403 g/mol. The summed E-state index contributed by atoms with van der Waals surface area (Å²) in [7, 11) is 2.63. The predicted octanol–water partition coefficient (Wildman–Crippen LogP) is 4.61. The Balaban J connectivity index is 0.000000241. The molecule has 3 aromatic carbocycles. The number of nitrogens with two attached hydrogens (primary N) is 2. The van der Waals surface area contributed by atoms with Crippen LogP contribution in [0.15, 0.2) is 54.6 Å². The minimum Gasteiger partial charge on any atom is -0.366 e. The van der Waals surface area contributed by atoms with Gasteiger partial charge in [-0.3, -0.25) is 9.59 Å². The minimum atomic E-state index is -0.343. The summed E-state index contributed by atoms with van der Waals surface area (Å²) in [6.45, 7) is 11.6. The third-order valence-electron chi connectivity index (χ3n) is 4.65. The molecule has 4 nitrogen and oxygen atoms in total. The van der Waals surface area contributed by atoms with Crippen LogP contribution in [0.4, 0.5) is 0 Å². The lowest BCUT2D eigenvalue weighted by molar-refractivity contribution is 0.0990. The fraction of sp³-hybridized carbons (Fsp3) is 0.231. The van der Waals surface area contributed by atoms with Gasteiger partial charge in [-0.05, 0) is 69.1 Å². The zero-order valence-corrected chi connectivity index (χ0v) is 20.4. The second-order valence-corrected chi connectivity index (χ2v) is 8.35. The molecule has 0 aliphatic rings. The molecule has 0 fully saturated rings. The predicted molar refractivity (Wildman–Crippen MR) is 134 cm³/mol. The van der Waals surface area contributed by atoms with Gasteiger partial charge in [0.1, 0.15) is 0 Å². The zero-order chi connectivity index (χ0) is 23.7. The van der Waals surface area contributed by atoms with Gasteiger partial charge in [-0.2, -0.15) is 0 Å². The van der Waals surface area contributed by atoms with Crippen LogP contribution in [0, 0.1) is 41.5 Å². The molecule has 0 aliphatic heterocycles. The smallest absolute Gasteiger partial charge is 0.249 e. The van der Waals surface area contributed by atoms with E-state index in [4.69, 9.17) is 11.5 Å². The van der Waals surface area contributed by atoms with E-state index in [1.165, 1.54) is 5.30 Å². The summed E-state index contributed by atoms with van der Waals surface area (Å²) in [6, 6.07) is 18.0. The standard InChI is InChI=1S/2C10H13NO.C6H7P/c2*1-6-4-7(2)9(10(11)12)8(3)5-6;7-6-4-2-1-3-5-6/h2*4-5H,1-3H3,(H2,11,12);1-5H,7H2. The summed E-state index contributed by atoms with van der Waals surface area (Å²) in [5.41, 5.74) is 17.9. The summed E-state index contributed by atoms with van der Waals surface area (Å²) in [5.74, 6) is -0.685. The van der Waals surface area contributed by atoms with Gasteiger partial charge in [0, 0.05) is 11.1 Å². The van der Waals surface area contributed by atoms with Crippen molar-refractivity contribution in [2.24, 2.45) is 11.5 Å². The van der Waals surface area contributed by atoms with Crippen molar-refractivity contribution in [1.82, 2.24) is 0 Å². The zero-order valence-electron chi connectivity index (χ0n) is 19.2. The van der Waals surface area contributed by atoms with E-state index in [2.05, 4.69) is 9.24 Å². The van der Waals surface area contributed by atoms with Crippen molar-refractivity contribution < 1.29 is 9.59 Å². The maximum absolute atomic E-state index is 11.0. The van der Waals surface area contributed by atoms with Gasteiger partial charge >= 0.3 is 0 Å². The van der Waals surface area contributed by atoms with Crippen LogP contribution in [-0.4, -0.2) is 11.8 Å². The average molecular weight is 437 g/mol. The maximum Gasteiger partial charge on any atom is 0.249 e. The highest BCUT2D eigenvalue weighted by molar-refractivity contribution is 7.27. The van der Waals surface area contributed by atoms with Crippen molar-refractivity contribution in [2.45, 2.75) is 41.5 Å². The first kappa shape index (κ1) is 26.1. The van der Waals surface area contributed by atoms with Gasteiger partial charge in [-0.15, -0.1) is 9.24 Å². The van der Waals surface area contributed by atoms with E-state index in [9.17, 15) is 9.59 Å².